The van der Waals surface area contributed by atoms with Crippen LogP contribution in [0.15, 0.2) is 89.8 Å². The molecule has 0 radical (unpaired) electrons. The van der Waals surface area contributed by atoms with Crippen LogP contribution in [0.1, 0.15) is 68.6 Å². The van der Waals surface area contributed by atoms with E-state index in [4.69, 9.17) is 4.74 Å². The molecule has 0 saturated carbocycles. The molecule has 3 atom stereocenters. The van der Waals surface area contributed by atoms with Crippen LogP contribution in [0.25, 0.3) is 0 Å². The second-order valence-corrected chi connectivity index (χ2v) is 13.1. The maximum absolute atomic E-state index is 13.9. The van der Waals surface area contributed by atoms with Crippen molar-refractivity contribution in [3.05, 3.63) is 102 Å². The fraction of sp³-hybridized carbons (Fsp3) is 0.429. The molecule has 0 spiro atoms. The van der Waals surface area contributed by atoms with E-state index in [1.54, 1.807) is 12.1 Å². The normalized spacial score (nSPS) is 13.6. The van der Waals surface area contributed by atoms with Gasteiger partial charge < -0.3 is 25.6 Å². The Hall–Kier alpha value is -3.77. The van der Waals surface area contributed by atoms with Gasteiger partial charge in [0.25, 0.3) is 0 Å². The topological polar surface area (TPSA) is 145 Å². The number of aliphatic hydroxyl groups is 2. The Morgan fingerprint density at radius 3 is 1.91 bits per heavy atom. The minimum atomic E-state index is -3.89. The second-order valence-electron chi connectivity index (χ2n) is 11.2. The molecule has 46 heavy (non-hydrogen) atoms. The number of nitrogens with one attached hydrogen (secondary N) is 2. The van der Waals surface area contributed by atoms with E-state index in [2.05, 4.69) is 10.6 Å². The Bertz CT molecular complexity index is 1420. The first-order valence-electron chi connectivity index (χ1n) is 15.8. The van der Waals surface area contributed by atoms with Gasteiger partial charge in [-0.1, -0.05) is 86.6 Å². The summed E-state index contributed by atoms with van der Waals surface area (Å²) >= 11 is 0. The van der Waals surface area contributed by atoms with Crippen molar-refractivity contribution in [2.45, 2.75) is 81.5 Å². The lowest BCUT2D eigenvalue weighted by Gasteiger charge is -2.31. The Morgan fingerprint density at radius 1 is 0.848 bits per heavy atom. The van der Waals surface area contributed by atoms with Crippen molar-refractivity contribution < 1.29 is 33.0 Å². The molecular formula is C35H47N3O7S. The maximum atomic E-state index is 13.9. The first kappa shape index (κ1) is 36.7. The Labute approximate surface area is 272 Å². The summed E-state index contributed by atoms with van der Waals surface area (Å²) in [5.41, 5.74) is 2.31. The average Bonchev–Trinajstić information content (AvgIpc) is 3.09. The highest BCUT2D eigenvalue weighted by molar-refractivity contribution is 7.89. The SMILES string of the molecule is CCCN([C@H](CO)CCC[C@H](CC)NC(=O)[C@@H](NC(=O)OC)C(c1ccccc1)c1ccccc1)S(=O)(=O)c1ccc(CO)cc1. The van der Waals surface area contributed by atoms with Crippen molar-refractivity contribution >= 4 is 22.0 Å². The van der Waals surface area contributed by atoms with Crippen molar-refractivity contribution in [2.24, 2.45) is 0 Å². The number of carbonyl (C=O) groups is 2. The Kier molecular flexibility index (Phi) is 14.7. The lowest BCUT2D eigenvalue weighted by molar-refractivity contribution is -0.124. The molecule has 0 unspecified atom stereocenters. The standard InChI is InChI=1S/C35H47N3O7S/c1-4-23-38(46(43,44)31-21-19-26(24-39)20-22-31)30(25-40)18-12-17-29(5-2)36-34(41)33(37-35(42)45-3)32(27-13-8-6-9-14-27)28-15-10-7-11-16-28/h6-11,13-16,19-22,29-30,32-33,39-40H,4-5,12,17-18,23-25H2,1-3H3,(H,36,41)(H,37,42)/t29-,30-,33-/m0/s1. The first-order valence-corrected chi connectivity index (χ1v) is 17.2. The third kappa shape index (κ3) is 9.86. The molecule has 11 heteroatoms. The van der Waals surface area contributed by atoms with Crippen molar-refractivity contribution in [1.29, 1.82) is 0 Å². The monoisotopic (exact) mass is 653 g/mol. The lowest BCUT2D eigenvalue weighted by atomic mass is 9.84. The molecule has 0 aliphatic heterocycles. The number of alkyl carbamates (subject to hydrolysis) is 1. The molecule has 0 aromatic heterocycles. The molecule has 3 aromatic carbocycles. The number of amides is 2. The summed E-state index contributed by atoms with van der Waals surface area (Å²) in [6, 6.07) is 23.2. The largest absolute Gasteiger partial charge is 0.453 e. The van der Waals surface area contributed by atoms with Crippen LogP contribution in [0.5, 0.6) is 0 Å². The molecule has 3 aromatic rings. The molecule has 10 nitrogen and oxygen atoms in total. The highest BCUT2D eigenvalue weighted by Gasteiger charge is 2.34. The summed E-state index contributed by atoms with van der Waals surface area (Å²) in [7, 11) is -2.64. The summed E-state index contributed by atoms with van der Waals surface area (Å²) in [5.74, 6) is -0.854. The van der Waals surface area contributed by atoms with Crippen molar-refractivity contribution in [1.82, 2.24) is 14.9 Å². The Balaban J connectivity index is 1.77. The quantitative estimate of drug-likeness (QED) is 0.158. The Morgan fingerprint density at radius 2 is 1.43 bits per heavy atom. The van der Waals surface area contributed by atoms with E-state index in [0.717, 1.165) is 11.1 Å². The predicted molar refractivity (Wildman–Crippen MR) is 178 cm³/mol. The van der Waals surface area contributed by atoms with Gasteiger partial charge in [-0.05, 0) is 60.9 Å². The molecule has 0 heterocycles. The minimum Gasteiger partial charge on any atom is -0.453 e. The number of rotatable bonds is 18. The van der Waals surface area contributed by atoms with Gasteiger partial charge in [-0.25, -0.2) is 13.2 Å². The number of ether oxygens (including phenoxy) is 1. The number of hydrogen-bond donors (Lipinski definition) is 4. The van der Waals surface area contributed by atoms with Gasteiger partial charge in [0.1, 0.15) is 6.04 Å². The fourth-order valence-electron chi connectivity index (χ4n) is 5.60. The van der Waals surface area contributed by atoms with E-state index >= 15 is 0 Å². The average molecular weight is 654 g/mol. The molecule has 3 rings (SSSR count). The summed E-state index contributed by atoms with van der Waals surface area (Å²) in [5, 5.41) is 25.5. The maximum Gasteiger partial charge on any atom is 0.407 e. The highest BCUT2D eigenvalue weighted by atomic mass is 32.2. The molecule has 0 aliphatic carbocycles. The van der Waals surface area contributed by atoms with Gasteiger partial charge in [0, 0.05) is 24.5 Å². The number of sulfonamides is 1. The first-order chi connectivity index (χ1) is 22.2. The third-order valence-corrected chi connectivity index (χ3v) is 10.1. The number of hydrogen-bond acceptors (Lipinski definition) is 7. The second kappa shape index (κ2) is 18.4. The van der Waals surface area contributed by atoms with E-state index in [1.165, 1.54) is 23.5 Å². The lowest BCUT2D eigenvalue weighted by Crippen LogP contribution is -2.52. The van der Waals surface area contributed by atoms with Crippen molar-refractivity contribution in [2.75, 3.05) is 20.3 Å². The summed E-state index contributed by atoms with van der Waals surface area (Å²) < 4.78 is 33.3. The van der Waals surface area contributed by atoms with Crippen LogP contribution in [-0.4, -0.2) is 73.3 Å². The van der Waals surface area contributed by atoms with Crippen LogP contribution in [0.3, 0.4) is 0 Å². The van der Waals surface area contributed by atoms with Gasteiger partial charge >= 0.3 is 6.09 Å². The van der Waals surface area contributed by atoms with E-state index in [9.17, 15) is 28.2 Å². The van der Waals surface area contributed by atoms with Gasteiger partial charge in [-0.2, -0.15) is 4.31 Å². The smallest absolute Gasteiger partial charge is 0.407 e. The van der Waals surface area contributed by atoms with E-state index in [0.29, 0.717) is 37.7 Å². The minimum absolute atomic E-state index is 0.103. The van der Waals surface area contributed by atoms with Gasteiger partial charge in [-0.3, -0.25) is 4.79 Å². The molecule has 250 valence electrons. The number of methoxy groups -OCH3 is 1. The fourth-order valence-corrected chi connectivity index (χ4v) is 7.34. The summed E-state index contributed by atoms with van der Waals surface area (Å²) in [6.45, 7) is 3.53. The molecule has 4 N–H and O–H groups in total. The van der Waals surface area contributed by atoms with E-state index in [-0.39, 0.29) is 36.6 Å². The molecule has 0 aliphatic rings. The molecule has 0 fully saturated rings. The van der Waals surface area contributed by atoms with E-state index in [1.807, 2.05) is 74.5 Å². The predicted octanol–water partition coefficient (Wildman–Crippen LogP) is 4.56. The number of nitrogens with zero attached hydrogens (tertiary/aromatic N) is 1. The van der Waals surface area contributed by atoms with Crippen LogP contribution >= 0.6 is 0 Å². The van der Waals surface area contributed by atoms with Gasteiger partial charge in [0.15, 0.2) is 0 Å². The molecular weight excluding hydrogens is 606 g/mol. The molecule has 0 bridgehead atoms. The van der Waals surface area contributed by atoms with Gasteiger partial charge in [0.2, 0.25) is 15.9 Å². The molecule has 0 saturated heterocycles. The van der Waals surface area contributed by atoms with Crippen molar-refractivity contribution in [3.63, 3.8) is 0 Å². The zero-order valence-electron chi connectivity index (χ0n) is 26.8. The van der Waals surface area contributed by atoms with Gasteiger partial charge in [-0.15, -0.1) is 0 Å². The highest BCUT2D eigenvalue weighted by Crippen LogP contribution is 2.29. The van der Waals surface area contributed by atoms with E-state index < -0.39 is 34.1 Å². The van der Waals surface area contributed by atoms with Crippen LogP contribution < -0.4 is 10.6 Å². The van der Waals surface area contributed by atoms with Crippen LogP contribution in [0.2, 0.25) is 0 Å². The third-order valence-electron chi connectivity index (χ3n) is 8.10. The van der Waals surface area contributed by atoms with Crippen LogP contribution in [-0.2, 0) is 26.2 Å². The van der Waals surface area contributed by atoms with Crippen LogP contribution in [0, 0.1) is 0 Å². The molecule has 2 amide bonds. The number of benzene rings is 3. The van der Waals surface area contributed by atoms with Crippen LogP contribution in [0.4, 0.5) is 4.79 Å². The summed E-state index contributed by atoms with van der Waals surface area (Å²) in [6.07, 6.45) is 1.92. The van der Waals surface area contributed by atoms with Crippen molar-refractivity contribution in [3.8, 4) is 0 Å². The zero-order chi connectivity index (χ0) is 33.5. The number of carbonyl (C=O) groups excluding carboxylic acids is 2. The summed E-state index contributed by atoms with van der Waals surface area (Å²) in [4.78, 5) is 26.5. The zero-order valence-corrected chi connectivity index (χ0v) is 27.7. The van der Waals surface area contributed by atoms with Gasteiger partial charge in [0.05, 0.1) is 25.2 Å². The number of aliphatic hydroxyl groups excluding tert-OH is 2.